The Morgan fingerprint density at radius 3 is 2.93 bits per heavy atom. The fourth-order valence-corrected chi connectivity index (χ4v) is 1.10. The lowest BCUT2D eigenvalue weighted by molar-refractivity contribution is 0.319. The predicted molar refractivity (Wildman–Crippen MR) is 59.6 cm³/mol. The van der Waals surface area contributed by atoms with Gasteiger partial charge in [0.25, 0.3) is 0 Å². The fraction of sp³-hybridized carbons (Fsp3) is 0.333. The Morgan fingerprint density at radius 2 is 2.21 bits per heavy atom. The molecular formula is C12H15NO. The molecule has 0 atom stereocenters. The van der Waals surface area contributed by atoms with Crippen LogP contribution in [0, 0.1) is 12.3 Å². The van der Waals surface area contributed by atoms with Crippen molar-refractivity contribution in [2.45, 2.75) is 13.3 Å². The molecule has 0 aliphatic rings. The minimum atomic E-state index is 0.520. The van der Waals surface area contributed by atoms with Crippen molar-refractivity contribution in [2.75, 3.05) is 18.5 Å². The lowest BCUT2D eigenvalue weighted by Gasteiger charge is -2.10. The lowest BCUT2D eigenvalue weighted by atomic mass is 10.3. The summed E-state index contributed by atoms with van der Waals surface area (Å²) in [5, 5.41) is 3.11. The molecule has 0 amide bonds. The van der Waals surface area contributed by atoms with Crippen LogP contribution in [0.5, 0.6) is 5.75 Å². The van der Waals surface area contributed by atoms with Gasteiger partial charge in [0, 0.05) is 0 Å². The zero-order valence-corrected chi connectivity index (χ0v) is 8.42. The van der Waals surface area contributed by atoms with Crippen molar-refractivity contribution in [3.63, 3.8) is 0 Å². The molecule has 0 spiro atoms. The highest BCUT2D eigenvalue weighted by atomic mass is 16.5. The van der Waals surface area contributed by atoms with Gasteiger partial charge in [-0.05, 0) is 18.6 Å². The smallest absolute Gasteiger partial charge is 0.142 e. The number of nitrogens with one attached hydrogen (secondary N) is 1. The molecular weight excluding hydrogens is 174 g/mol. The van der Waals surface area contributed by atoms with E-state index in [-0.39, 0.29) is 0 Å². The van der Waals surface area contributed by atoms with E-state index >= 15 is 0 Å². The van der Waals surface area contributed by atoms with Crippen LogP contribution in [-0.4, -0.2) is 13.2 Å². The van der Waals surface area contributed by atoms with Crippen molar-refractivity contribution in [2.24, 2.45) is 0 Å². The van der Waals surface area contributed by atoms with Crippen molar-refractivity contribution < 1.29 is 4.74 Å². The summed E-state index contributed by atoms with van der Waals surface area (Å²) >= 11 is 0. The molecule has 1 aromatic rings. The molecule has 74 valence electrons. The van der Waals surface area contributed by atoms with E-state index < -0.39 is 0 Å². The van der Waals surface area contributed by atoms with Crippen LogP contribution in [0.2, 0.25) is 0 Å². The molecule has 0 aliphatic heterocycles. The van der Waals surface area contributed by atoms with E-state index in [9.17, 15) is 0 Å². The number of para-hydroxylation sites is 2. The van der Waals surface area contributed by atoms with Gasteiger partial charge in [-0.1, -0.05) is 25.0 Å². The lowest BCUT2D eigenvalue weighted by Crippen LogP contribution is -2.02. The van der Waals surface area contributed by atoms with Gasteiger partial charge in [-0.2, -0.15) is 0 Å². The monoisotopic (exact) mass is 189 g/mol. The Bertz CT molecular complexity index is 314. The zero-order chi connectivity index (χ0) is 10.2. The maximum atomic E-state index is 5.55. The van der Waals surface area contributed by atoms with Gasteiger partial charge < -0.3 is 10.1 Å². The van der Waals surface area contributed by atoms with Gasteiger partial charge in [-0.15, -0.1) is 6.42 Å². The first-order valence-electron chi connectivity index (χ1n) is 4.77. The fourth-order valence-electron chi connectivity index (χ4n) is 1.10. The minimum absolute atomic E-state index is 0.520. The Balaban J connectivity index is 2.65. The molecule has 2 heteroatoms. The summed E-state index contributed by atoms with van der Waals surface area (Å²) in [6, 6.07) is 7.81. The molecule has 0 saturated heterocycles. The number of hydrogen-bond donors (Lipinski definition) is 1. The molecule has 1 rings (SSSR count). The first-order chi connectivity index (χ1) is 6.88. The first-order valence-corrected chi connectivity index (χ1v) is 4.77. The number of benzene rings is 1. The minimum Gasteiger partial charge on any atom is -0.491 e. The van der Waals surface area contributed by atoms with Crippen LogP contribution in [0.1, 0.15) is 13.3 Å². The van der Waals surface area contributed by atoms with E-state index in [1.165, 1.54) is 0 Å². The van der Waals surface area contributed by atoms with Crippen LogP contribution in [0.3, 0.4) is 0 Å². The molecule has 0 aromatic heterocycles. The zero-order valence-electron chi connectivity index (χ0n) is 8.42. The van der Waals surface area contributed by atoms with Crippen molar-refractivity contribution in [3.05, 3.63) is 24.3 Å². The topological polar surface area (TPSA) is 21.3 Å². The second kappa shape index (κ2) is 5.93. The highest BCUT2D eigenvalue weighted by Crippen LogP contribution is 2.23. The van der Waals surface area contributed by atoms with Gasteiger partial charge >= 0.3 is 0 Å². The third-order valence-corrected chi connectivity index (χ3v) is 1.73. The summed E-state index contributed by atoms with van der Waals surface area (Å²) in [6.07, 6.45) is 6.18. The Kier molecular flexibility index (Phi) is 4.43. The maximum Gasteiger partial charge on any atom is 0.142 e. The van der Waals surface area contributed by atoms with E-state index in [0.29, 0.717) is 6.54 Å². The molecule has 0 aliphatic carbocycles. The average Bonchev–Trinajstić information content (AvgIpc) is 2.24. The molecule has 1 aromatic carbocycles. The van der Waals surface area contributed by atoms with Gasteiger partial charge in [0.2, 0.25) is 0 Å². The van der Waals surface area contributed by atoms with Crippen LogP contribution in [-0.2, 0) is 0 Å². The largest absolute Gasteiger partial charge is 0.491 e. The summed E-state index contributed by atoms with van der Waals surface area (Å²) < 4.78 is 5.55. The molecule has 0 unspecified atom stereocenters. The first kappa shape index (κ1) is 10.5. The third kappa shape index (κ3) is 3.02. The molecule has 1 N–H and O–H groups in total. The van der Waals surface area contributed by atoms with Crippen molar-refractivity contribution >= 4 is 5.69 Å². The van der Waals surface area contributed by atoms with Crippen LogP contribution in [0.15, 0.2) is 24.3 Å². The van der Waals surface area contributed by atoms with Crippen LogP contribution in [0.25, 0.3) is 0 Å². The number of rotatable bonds is 5. The molecule has 0 heterocycles. The summed E-state index contributed by atoms with van der Waals surface area (Å²) in [7, 11) is 0. The maximum absolute atomic E-state index is 5.55. The van der Waals surface area contributed by atoms with Gasteiger partial charge in [-0.3, -0.25) is 0 Å². The molecule has 14 heavy (non-hydrogen) atoms. The van der Waals surface area contributed by atoms with Crippen molar-refractivity contribution in [3.8, 4) is 18.1 Å². The predicted octanol–water partition coefficient (Wildman–Crippen LogP) is 2.52. The van der Waals surface area contributed by atoms with Crippen LogP contribution < -0.4 is 10.1 Å². The van der Waals surface area contributed by atoms with E-state index in [0.717, 1.165) is 24.5 Å². The van der Waals surface area contributed by atoms with Crippen molar-refractivity contribution in [1.82, 2.24) is 0 Å². The number of ether oxygens (including phenoxy) is 1. The highest BCUT2D eigenvalue weighted by molar-refractivity contribution is 5.56. The Morgan fingerprint density at radius 1 is 1.43 bits per heavy atom. The average molecular weight is 189 g/mol. The second-order valence-corrected chi connectivity index (χ2v) is 2.90. The van der Waals surface area contributed by atoms with Gasteiger partial charge in [0.05, 0.1) is 18.8 Å². The Labute approximate surface area is 85.3 Å². The number of terminal acetylenes is 1. The van der Waals surface area contributed by atoms with E-state index in [4.69, 9.17) is 11.2 Å². The number of anilines is 1. The van der Waals surface area contributed by atoms with Crippen LogP contribution in [0.4, 0.5) is 5.69 Å². The van der Waals surface area contributed by atoms with E-state index in [2.05, 4.69) is 18.2 Å². The van der Waals surface area contributed by atoms with Gasteiger partial charge in [0.15, 0.2) is 0 Å². The molecule has 0 radical (unpaired) electrons. The molecule has 2 nitrogen and oxygen atoms in total. The normalized spacial score (nSPS) is 9.14. The van der Waals surface area contributed by atoms with Crippen LogP contribution >= 0.6 is 0 Å². The SMILES string of the molecule is C#CCNc1ccccc1OCCC. The van der Waals surface area contributed by atoms with E-state index in [1.807, 2.05) is 24.3 Å². The van der Waals surface area contributed by atoms with Gasteiger partial charge in [0.1, 0.15) is 5.75 Å². The summed E-state index contributed by atoms with van der Waals surface area (Å²) in [5.74, 6) is 3.40. The quantitative estimate of drug-likeness (QED) is 0.719. The summed E-state index contributed by atoms with van der Waals surface area (Å²) in [4.78, 5) is 0. The third-order valence-electron chi connectivity index (χ3n) is 1.73. The molecule has 0 fully saturated rings. The Hall–Kier alpha value is -1.62. The van der Waals surface area contributed by atoms with E-state index in [1.54, 1.807) is 0 Å². The van der Waals surface area contributed by atoms with Gasteiger partial charge in [-0.25, -0.2) is 0 Å². The van der Waals surface area contributed by atoms with Crippen molar-refractivity contribution in [1.29, 1.82) is 0 Å². The summed E-state index contributed by atoms with van der Waals surface area (Å²) in [6.45, 7) is 3.33. The number of hydrogen-bond acceptors (Lipinski definition) is 2. The standard InChI is InChI=1S/C12H15NO/c1-3-9-13-11-7-5-6-8-12(11)14-10-4-2/h1,5-8,13H,4,9-10H2,2H3. The summed E-state index contributed by atoms with van der Waals surface area (Å²) in [5.41, 5.74) is 0.957. The second-order valence-electron chi connectivity index (χ2n) is 2.90. The molecule has 0 bridgehead atoms. The molecule has 0 saturated carbocycles. The highest BCUT2D eigenvalue weighted by Gasteiger charge is 1.99.